The first-order chi connectivity index (χ1) is 20.4. The van der Waals surface area contributed by atoms with Crippen molar-refractivity contribution in [3.05, 3.63) is 101 Å². The van der Waals surface area contributed by atoms with Crippen LogP contribution in [0.1, 0.15) is 45.8 Å². The molecule has 8 nitrogen and oxygen atoms in total. The van der Waals surface area contributed by atoms with Gasteiger partial charge in [-0.2, -0.15) is 26.3 Å². The predicted octanol–water partition coefficient (Wildman–Crippen LogP) is 5.46. The second-order valence-corrected chi connectivity index (χ2v) is 11.9. The molecule has 2 unspecified atom stereocenters. The van der Waals surface area contributed by atoms with Crippen LogP contribution >= 0.6 is 0 Å². The third-order valence-corrected chi connectivity index (χ3v) is 8.16. The summed E-state index contributed by atoms with van der Waals surface area (Å²) in [5.74, 6) is -1.27. The predicted molar refractivity (Wildman–Crippen MR) is 148 cm³/mol. The maximum absolute atomic E-state index is 13.0. The van der Waals surface area contributed by atoms with Gasteiger partial charge in [-0.3, -0.25) is 0 Å². The highest BCUT2D eigenvalue weighted by atomic mass is 32.2. The molecule has 2 atom stereocenters. The topological polar surface area (TPSA) is 121 Å². The summed E-state index contributed by atoms with van der Waals surface area (Å²) in [6.45, 7) is 1.65. The van der Waals surface area contributed by atoms with E-state index in [1.165, 1.54) is 34.9 Å². The first kappa shape index (κ1) is 33.0. The lowest BCUT2D eigenvalue weighted by Gasteiger charge is -2.18. The standard InChI is InChI=1S/C29H27F6N3O5S/c1-17(36-15-26(39)20-5-3-6-22(13-20)28(30,31)32)10-18-8-9-24-21(11-18)14-25(27(40)41)38(24)16-19-4-2-7-23(12-19)44(42,43)37-29(33,34)35/h2-9,11-14,17,26,36-37,39H,10,15-16H2,1H3,(H,40,41). The van der Waals surface area contributed by atoms with E-state index >= 15 is 0 Å². The Morgan fingerprint density at radius 3 is 2.30 bits per heavy atom. The van der Waals surface area contributed by atoms with Crippen LogP contribution in [0.15, 0.2) is 77.7 Å². The number of hydrogen-bond acceptors (Lipinski definition) is 5. The second-order valence-electron chi connectivity index (χ2n) is 10.2. The fourth-order valence-corrected chi connectivity index (χ4v) is 5.77. The average molecular weight is 644 g/mol. The minimum absolute atomic E-state index is 0.0163. The molecule has 0 spiro atoms. The van der Waals surface area contributed by atoms with Crippen molar-refractivity contribution in [1.29, 1.82) is 0 Å². The zero-order valence-corrected chi connectivity index (χ0v) is 23.8. The number of sulfonamides is 1. The molecule has 44 heavy (non-hydrogen) atoms. The maximum atomic E-state index is 13.0. The van der Waals surface area contributed by atoms with E-state index in [2.05, 4.69) is 5.32 Å². The lowest BCUT2D eigenvalue weighted by molar-refractivity contribution is -0.138. The van der Waals surface area contributed by atoms with Gasteiger partial charge in [0.05, 0.1) is 16.6 Å². The van der Waals surface area contributed by atoms with Crippen molar-refractivity contribution in [3.63, 3.8) is 0 Å². The van der Waals surface area contributed by atoms with Gasteiger partial charge in [0.15, 0.2) is 0 Å². The number of aliphatic hydroxyl groups excluding tert-OH is 1. The molecule has 0 radical (unpaired) electrons. The minimum Gasteiger partial charge on any atom is -0.477 e. The summed E-state index contributed by atoms with van der Waals surface area (Å²) in [7, 11) is -4.91. The highest BCUT2D eigenvalue weighted by Crippen LogP contribution is 2.31. The molecular weight excluding hydrogens is 616 g/mol. The van der Waals surface area contributed by atoms with Crippen LogP contribution in [-0.2, 0) is 29.2 Å². The van der Waals surface area contributed by atoms with Gasteiger partial charge in [0, 0.05) is 30.0 Å². The van der Waals surface area contributed by atoms with Crippen molar-refractivity contribution in [1.82, 2.24) is 14.6 Å². The molecule has 15 heteroatoms. The van der Waals surface area contributed by atoms with Gasteiger partial charge in [0.25, 0.3) is 0 Å². The fourth-order valence-electron chi connectivity index (χ4n) is 4.78. The number of carboxylic acids is 1. The lowest BCUT2D eigenvalue weighted by atomic mass is 10.0. The molecule has 0 aliphatic rings. The Kier molecular flexibility index (Phi) is 9.44. The normalized spacial score (nSPS) is 14.1. The summed E-state index contributed by atoms with van der Waals surface area (Å²) in [4.78, 5) is 11.4. The van der Waals surface area contributed by atoms with E-state index in [0.29, 0.717) is 22.0 Å². The van der Waals surface area contributed by atoms with E-state index < -0.39 is 45.0 Å². The van der Waals surface area contributed by atoms with Crippen molar-refractivity contribution in [2.75, 3.05) is 6.54 Å². The highest BCUT2D eigenvalue weighted by molar-refractivity contribution is 7.89. The molecule has 1 heterocycles. The smallest absolute Gasteiger partial charge is 0.470 e. The van der Waals surface area contributed by atoms with Crippen molar-refractivity contribution >= 4 is 26.9 Å². The Labute approximate surface area is 248 Å². The van der Waals surface area contributed by atoms with Gasteiger partial charge < -0.3 is 20.1 Å². The van der Waals surface area contributed by atoms with Crippen LogP contribution in [0.25, 0.3) is 10.9 Å². The van der Waals surface area contributed by atoms with E-state index in [9.17, 15) is 49.8 Å². The van der Waals surface area contributed by atoms with Crippen molar-refractivity contribution in [2.45, 2.75) is 49.4 Å². The highest BCUT2D eigenvalue weighted by Gasteiger charge is 2.35. The second kappa shape index (κ2) is 12.6. The third-order valence-electron chi connectivity index (χ3n) is 6.78. The van der Waals surface area contributed by atoms with Gasteiger partial charge >= 0.3 is 18.4 Å². The van der Waals surface area contributed by atoms with Crippen LogP contribution in [0.3, 0.4) is 0 Å². The number of aromatic nitrogens is 1. The molecule has 1 aromatic heterocycles. The van der Waals surface area contributed by atoms with Crippen LogP contribution in [0, 0.1) is 0 Å². The molecule has 0 saturated carbocycles. The van der Waals surface area contributed by atoms with Gasteiger partial charge in [0.2, 0.25) is 10.0 Å². The number of aromatic carboxylic acids is 1. The Balaban J connectivity index is 1.49. The van der Waals surface area contributed by atoms with E-state index in [1.807, 2.05) is 6.92 Å². The maximum Gasteiger partial charge on any atom is 0.470 e. The molecule has 0 fully saturated rings. The van der Waals surface area contributed by atoms with Gasteiger partial charge in [-0.1, -0.05) is 30.3 Å². The molecule has 0 aliphatic heterocycles. The first-order valence-electron chi connectivity index (χ1n) is 13.1. The molecule has 0 bridgehead atoms. The number of alkyl halides is 6. The van der Waals surface area contributed by atoms with Crippen LogP contribution in [0.4, 0.5) is 26.3 Å². The number of nitrogens with one attached hydrogen (secondary N) is 2. The van der Waals surface area contributed by atoms with Crippen LogP contribution in [0.2, 0.25) is 0 Å². The van der Waals surface area contributed by atoms with Gasteiger partial charge in [0.1, 0.15) is 5.69 Å². The molecule has 3 aromatic carbocycles. The fraction of sp³-hybridized carbons (Fsp3) is 0.276. The monoisotopic (exact) mass is 643 g/mol. The molecule has 0 saturated heterocycles. The van der Waals surface area contributed by atoms with Crippen LogP contribution in [0.5, 0.6) is 0 Å². The quantitative estimate of drug-likeness (QED) is 0.127. The molecule has 4 rings (SSSR count). The van der Waals surface area contributed by atoms with E-state index in [0.717, 1.165) is 29.8 Å². The summed E-state index contributed by atoms with van der Waals surface area (Å²) >= 11 is 0. The Morgan fingerprint density at radius 1 is 0.932 bits per heavy atom. The van der Waals surface area contributed by atoms with Crippen molar-refractivity contribution < 1.29 is 49.8 Å². The van der Waals surface area contributed by atoms with Gasteiger partial charge in [-0.25, -0.2) is 13.2 Å². The zero-order valence-electron chi connectivity index (χ0n) is 22.9. The number of nitrogens with zero attached hydrogens (tertiary/aromatic N) is 1. The summed E-state index contributed by atoms with van der Waals surface area (Å²) in [6.07, 6.45) is -10.5. The van der Waals surface area contributed by atoms with E-state index in [1.54, 1.807) is 18.2 Å². The molecule has 4 N–H and O–H groups in total. The average Bonchev–Trinajstić information content (AvgIpc) is 3.28. The van der Waals surface area contributed by atoms with Gasteiger partial charge in [-0.15, -0.1) is 4.72 Å². The number of carbonyl (C=O) groups is 1. The number of carboxylic acid groups (broad SMARTS) is 1. The molecular formula is C29H27F6N3O5S. The van der Waals surface area contributed by atoms with E-state index in [4.69, 9.17) is 0 Å². The Bertz CT molecular complexity index is 1770. The minimum atomic E-state index is -5.17. The van der Waals surface area contributed by atoms with Crippen molar-refractivity contribution in [2.24, 2.45) is 0 Å². The number of aliphatic hydroxyl groups is 1. The Morgan fingerprint density at radius 2 is 1.64 bits per heavy atom. The molecule has 4 aromatic rings. The molecule has 0 amide bonds. The summed E-state index contributed by atoms with van der Waals surface area (Å²) in [5.41, 5.74) is 0.632. The van der Waals surface area contributed by atoms with Crippen LogP contribution < -0.4 is 10.0 Å². The SMILES string of the molecule is CC(Cc1ccc2c(c1)cc(C(=O)O)n2Cc1cccc(S(=O)(=O)NC(F)(F)F)c1)NCC(O)c1cccc(C(F)(F)F)c1. The van der Waals surface area contributed by atoms with Crippen molar-refractivity contribution in [3.8, 4) is 0 Å². The lowest BCUT2D eigenvalue weighted by Crippen LogP contribution is -2.37. The number of rotatable bonds is 11. The summed E-state index contributed by atoms with van der Waals surface area (Å²) < 4.78 is 103. The third kappa shape index (κ3) is 8.16. The number of halogens is 6. The molecule has 236 valence electrons. The first-order valence-corrected chi connectivity index (χ1v) is 14.5. The number of fused-ring (bicyclic) bond motifs is 1. The zero-order chi connectivity index (χ0) is 32.4. The van der Waals surface area contributed by atoms with Crippen LogP contribution in [-0.4, -0.2) is 48.1 Å². The Hall–Kier alpha value is -3.92. The van der Waals surface area contributed by atoms with E-state index in [-0.39, 0.29) is 36.0 Å². The summed E-state index contributed by atoms with van der Waals surface area (Å²) in [5, 5.41) is 23.8. The number of benzene rings is 3. The largest absolute Gasteiger partial charge is 0.477 e. The number of hydrogen-bond donors (Lipinski definition) is 4. The molecule has 0 aliphatic carbocycles. The van der Waals surface area contributed by atoms with Gasteiger partial charge in [-0.05, 0) is 72.5 Å². The summed E-state index contributed by atoms with van der Waals surface area (Å²) in [6, 6.07) is 15.5.